The molecule has 3 aromatic rings. The van der Waals surface area contributed by atoms with Crippen molar-refractivity contribution in [1.82, 2.24) is 0 Å². The van der Waals surface area contributed by atoms with Crippen LogP contribution < -0.4 is 9.47 Å². The lowest BCUT2D eigenvalue weighted by molar-refractivity contribution is -0.668. The Morgan fingerprint density at radius 2 is 1.85 bits per heavy atom. The first-order valence-electron chi connectivity index (χ1n) is 11.5. The SMILES string of the molecule is CCC(=C/c1sc2ccc(C)cc2[n+]1CCCS(=O)(=O)O)/C=C1\Sc2ccc(C)cc2N1CC. The van der Waals surface area contributed by atoms with Crippen molar-refractivity contribution in [3.05, 3.63) is 69.2 Å². The number of benzene rings is 2. The second kappa shape index (κ2) is 10.2. The molecule has 0 spiro atoms. The van der Waals surface area contributed by atoms with E-state index in [1.165, 1.54) is 31.4 Å². The van der Waals surface area contributed by atoms with Gasteiger partial charge < -0.3 is 4.90 Å². The first kappa shape index (κ1) is 25.0. The van der Waals surface area contributed by atoms with Crippen molar-refractivity contribution in [2.24, 2.45) is 0 Å². The molecule has 0 aliphatic carbocycles. The standard InChI is InChI=1S/C26H30N2O3S3/c1-5-20(16-25-27(6-2)21-14-18(3)8-10-23(21)32-25)17-26-28(12-7-13-34(29,30)31)22-15-19(4)9-11-24(22)33-26/h8-11,14-17H,5-7,12-13H2,1-4H3/p+1. The molecule has 1 aliphatic rings. The maximum Gasteiger partial charge on any atom is 0.265 e. The predicted molar refractivity (Wildman–Crippen MR) is 144 cm³/mol. The molecule has 180 valence electrons. The summed E-state index contributed by atoms with van der Waals surface area (Å²) in [5, 5.41) is 2.31. The zero-order chi connectivity index (χ0) is 24.5. The van der Waals surface area contributed by atoms with E-state index in [0.29, 0.717) is 13.0 Å². The van der Waals surface area contributed by atoms with Gasteiger partial charge in [-0.3, -0.25) is 4.55 Å². The number of fused-ring (bicyclic) bond motifs is 2. The van der Waals surface area contributed by atoms with Gasteiger partial charge in [0.25, 0.3) is 15.1 Å². The number of aromatic nitrogens is 1. The van der Waals surface area contributed by atoms with Crippen LogP contribution in [0.4, 0.5) is 5.69 Å². The molecule has 0 atom stereocenters. The number of anilines is 1. The van der Waals surface area contributed by atoms with E-state index in [2.05, 4.69) is 85.7 Å². The molecule has 0 amide bonds. The molecule has 0 saturated heterocycles. The first-order chi connectivity index (χ1) is 16.2. The van der Waals surface area contributed by atoms with Crippen molar-refractivity contribution in [2.75, 3.05) is 17.2 Å². The maximum absolute atomic E-state index is 11.3. The molecular weight excluding hydrogens is 484 g/mol. The van der Waals surface area contributed by atoms with Crippen LogP contribution in [0.25, 0.3) is 16.3 Å². The van der Waals surface area contributed by atoms with Gasteiger partial charge in [0.1, 0.15) is 4.70 Å². The summed E-state index contributed by atoms with van der Waals surface area (Å²) in [7, 11) is -3.98. The van der Waals surface area contributed by atoms with E-state index in [1.54, 1.807) is 11.3 Å². The van der Waals surface area contributed by atoms with Crippen molar-refractivity contribution in [3.63, 3.8) is 0 Å². The molecule has 1 aliphatic heterocycles. The lowest BCUT2D eigenvalue weighted by Gasteiger charge is -2.18. The van der Waals surface area contributed by atoms with Gasteiger partial charge in [0.05, 0.1) is 16.5 Å². The molecule has 0 bridgehead atoms. The predicted octanol–water partition coefficient (Wildman–Crippen LogP) is 6.35. The van der Waals surface area contributed by atoms with Gasteiger partial charge in [-0.15, -0.1) is 0 Å². The van der Waals surface area contributed by atoms with Crippen molar-refractivity contribution in [3.8, 4) is 0 Å². The number of nitrogens with zero attached hydrogens (tertiary/aromatic N) is 2. The van der Waals surface area contributed by atoms with Gasteiger partial charge in [0, 0.05) is 30.0 Å². The van der Waals surface area contributed by atoms with Gasteiger partial charge in [-0.25, -0.2) is 0 Å². The molecule has 8 heteroatoms. The summed E-state index contributed by atoms with van der Waals surface area (Å²) in [5.41, 5.74) is 6.01. The van der Waals surface area contributed by atoms with Gasteiger partial charge in [0.15, 0.2) is 6.54 Å². The molecule has 0 unspecified atom stereocenters. The molecule has 34 heavy (non-hydrogen) atoms. The fraction of sp³-hybridized carbons (Fsp3) is 0.346. The van der Waals surface area contributed by atoms with E-state index in [1.807, 2.05) is 11.8 Å². The lowest BCUT2D eigenvalue weighted by Crippen LogP contribution is -2.36. The number of thioether (sulfide) groups is 1. The molecule has 2 heterocycles. The highest BCUT2D eigenvalue weighted by atomic mass is 32.2. The van der Waals surface area contributed by atoms with Crippen LogP contribution in [-0.4, -0.2) is 25.3 Å². The summed E-state index contributed by atoms with van der Waals surface area (Å²) in [6.45, 7) is 9.97. The third-order valence-corrected chi connectivity index (χ3v) is 8.93. The fourth-order valence-electron chi connectivity index (χ4n) is 4.16. The summed E-state index contributed by atoms with van der Waals surface area (Å²) in [4.78, 5) is 3.65. The zero-order valence-corrected chi connectivity index (χ0v) is 22.5. The van der Waals surface area contributed by atoms with Crippen LogP contribution in [0.5, 0.6) is 0 Å². The number of allylic oxidation sites excluding steroid dienone is 2. The van der Waals surface area contributed by atoms with Gasteiger partial charge in [0.2, 0.25) is 5.52 Å². The quantitative estimate of drug-likeness (QED) is 0.280. The minimum atomic E-state index is -3.98. The van der Waals surface area contributed by atoms with E-state index in [0.717, 1.165) is 29.1 Å². The first-order valence-corrected chi connectivity index (χ1v) is 14.8. The van der Waals surface area contributed by atoms with Crippen molar-refractivity contribution in [1.29, 1.82) is 0 Å². The van der Waals surface area contributed by atoms with Crippen LogP contribution in [0, 0.1) is 13.8 Å². The number of hydrogen-bond acceptors (Lipinski definition) is 5. The Morgan fingerprint density at radius 3 is 2.56 bits per heavy atom. The number of rotatable bonds is 8. The molecule has 4 rings (SSSR count). The van der Waals surface area contributed by atoms with Crippen LogP contribution in [-0.2, 0) is 16.7 Å². The van der Waals surface area contributed by atoms with E-state index < -0.39 is 10.1 Å². The van der Waals surface area contributed by atoms with Crippen molar-refractivity contribution >= 4 is 55.2 Å². The van der Waals surface area contributed by atoms with E-state index in [9.17, 15) is 13.0 Å². The fourth-order valence-corrected chi connectivity index (χ4v) is 6.98. The minimum absolute atomic E-state index is 0.239. The van der Waals surface area contributed by atoms with Crippen LogP contribution in [0.3, 0.4) is 0 Å². The molecule has 1 aromatic heterocycles. The Balaban J connectivity index is 1.72. The highest BCUT2D eigenvalue weighted by Crippen LogP contribution is 2.46. The molecule has 2 aromatic carbocycles. The summed E-state index contributed by atoms with van der Waals surface area (Å²) in [6, 6.07) is 13.0. The number of thiazole rings is 1. The normalized spacial score (nSPS) is 15.5. The van der Waals surface area contributed by atoms with Crippen LogP contribution in [0.1, 0.15) is 42.8 Å². The summed E-state index contributed by atoms with van der Waals surface area (Å²) in [5.74, 6) is -0.239. The van der Waals surface area contributed by atoms with Crippen molar-refractivity contribution in [2.45, 2.75) is 52.0 Å². The van der Waals surface area contributed by atoms with Gasteiger partial charge in [-0.1, -0.05) is 42.2 Å². The van der Waals surface area contributed by atoms with E-state index in [-0.39, 0.29) is 5.75 Å². The number of aryl methyl sites for hydroxylation is 3. The zero-order valence-electron chi connectivity index (χ0n) is 20.0. The Bertz CT molecular complexity index is 1390. The van der Waals surface area contributed by atoms with Crippen molar-refractivity contribution < 1.29 is 17.5 Å². The van der Waals surface area contributed by atoms with E-state index >= 15 is 0 Å². The third kappa shape index (κ3) is 5.57. The average molecular weight is 516 g/mol. The van der Waals surface area contributed by atoms with Gasteiger partial charge in [-0.2, -0.15) is 13.0 Å². The molecule has 0 radical (unpaired) electrons. The smallest absolute Gasteiger partial charge is 0.265 e. The minimum Gasteiger partial charge on any atom is -0.335 e. The highest BCUT2D eigenvalue weighted by Gasteiger charge is 2.25. The third-order valence-electron chi connectivity index (χ3n) is 5.90. The number of hydrogen-bond donors (Lipinski definition) is 1. The van der Waals surface area contributed by atoms with Crippen LogP contribution >= 0.6 is 23.1 Å². The molecule has 5 nitrogen and oxygen atoms in total. The second-order valence-electron chi connectivity index (χ2n) is 8.58. The van der Waals surface area contributed by atoms with Gasteiger partial charge in [-0.05, 0) is 68.2 Å². The topological polar surface area (TPSA) is 61.5 Å². The Morgan fingerprint density at radius 1 is 1.12 bits per heavy atom. The molecule has 1 N–H and O–H groups in total. The Labute approximate surface area is 210 Å². The molecule has 0 fully saturated rings. The maximum atomic E-state index is 11.3. The monoisotopic (exact) mass is 515 g/mol. The largest absolute Gasteiger partial charge is 0.335 e. The second-order valence-corrected chi connectivity index (χ2v) is 12.3. The summed E-state index contributed by atoms with van der Waals surface area (Å²) >= 11 is 3.52. The Hall–Kier alpha value is -2.13. The van der Waals surface area contributed by atoms with Crippen LogP contribution in [0.2, 0.25) is 0 Å². The highest BCUT2D eigenvalue weighted by molar-refractivity contribution is 8.03. The lowest BCUT2D eigenvalue weighted by atomic mass is 10.1. The molecule has 0 saturated carbocycles. The summed E-state index contributed by atoms with van der Waals surface area (Å²) < 4.78 is 35.1. The molecular formula is C26H31N2O3S3+. The van der Waals surface area contributed by atoms with Gasteiger partial charge >= 0.3 is 0 Å². The van der Waals surface area contributed by atoms with E-state index in [4.69, 9.17) is 0 Å². The Kier molecular flexibility index (Phi) is 7.52. The average Bonchev–Trinajstić information content (AvgIpc) is 3.29. The van der Waals surface area contributed by atoms with Crippen LogP contribution in [0.15, 0.2) is 58.0 Å². The summed E-state index contributed by atoms with van der Waals surface area (Å²) in [6.07, 6.45) is 5.75.